The number of aliphatic hydroxyl groups is 2. The summed E-state index contributed by atoms with van der Waals surface area (Å²) in [5.41, 5.74) is 2.31. The highest BCUT2D eigenvalue weighted by Gasteiger charge is 2.49. The summed E-state index contributed by atoms with van der Waals surface area (Å²) < 4.78 is 0. The topological polar surface area (TPSA) is 64.0 Å². The first-order chi connectivity index (χ1) is 17.1. The van der Waals surface area contributed by atoms with E-state index in [2.05, 4.69) is 28.9 Å². The molecule has 1 aliphatic carbocycles. The minimum absolute atomic E-state index is 0.0836. The Labute approximate surface area is 208 Å². The number of carbonyl (C=O) groups is 1. The lowest BCUT2D eigenvalue weighted by atomic mass is 9.74. The monoisotopic (exact) mass is 472 g/mol. The minimum Gasteiger partial charge on any atom is -0.395 e. The van der Waals surface area contributed by atoms with E-state index in [1.54, 1.807) is 0 Å². The van der Waals surface area contributed by atoms with Gasteiger partial charge in [0, 0.05) is 36.7 Å². The number of amides is 1. The predicted octanol–water partition coefficient (Wildman–Crippen LogP) is 3.34. The van der Waals surface area contributed by atoms with Gasteiger partial charge in [-0.2, -0.15) is 0 Å². The number of rotatable bonds is 4. The number of hydrogen-bond donors (Lipinski definition) is 2. The van der Waals surface area contributed by atoms with Crippen LogP contribution in [-0.4, -0.2) is 69.8 Å². The van der Waals surface area contributed by atoms with E-state index in [4.69, 9.17) is 0 Å². The molecule has 5 heteroatoms. The van der Waals surface area contributed by atoms with Crippen molar-refractivity contribution in [2.75, 3.05) is 26.2 Å². The molecule has 184 valence electrons. The summed E-state index contributed by atoms with van der Waals surface area (Å²) in [7, 11) is 0. The molecule has 3 fully saturated rings. The van der Waals surface area contributed by atoms with Crippen molar-refractivity contribution in [1.29, 1.82) is 0 Å². The van der Waals surface area contributed by atoms with Crippen LogP contribution < -0.4 is 0 Å². The average molecular weight is 473 g/mol. The molecule has 5 rings (SSSR count). The number of aliphatic hydroxyl groups excluding tert-OH is 1. The van der Waals surface area contributed by atoms with Gasteiger partial charge in [-0.05, 0) is 68.3 Å². The normalized spacial score (nSPS) is 26.0. The fraction of sp³-hybridized carbons (Fsp3) is 0.500. The molecule has 0 bridgehead atoms. The maximum Gasteiger partial charge on any atom is 0.227 e. The SMILES string of the molecule is O=C(Cc1ccccc1)N1CCCCN2[C@H](CO)[C@H](c3ccc(C#CC4(O)CCCC4)cc3)[C@H]2C1. The predicted molar refractivity (Wildman–Crippen MR) is 137 cm³/mol. The van der Waals surface area contributed by atoms with Crippen molar-refractivity contribution < 1.29 is 15.0 Å². The molecule has 1 amide bonds. The van der Waals surface area contributed by atoms with Gasteiger partial charge in [-0.25, -0.2) is 0 Å². The number of nitrogens with zero attached hydrogens (tertiary/aromatic N) is 2. The van der Waals surface area contributed by atoms with Gasteiger partial charge in [-0.1, -0.05) is 54.3 Å². The lowest BCUT2D eigenvalue weighted by Gasteiger charge is -2.57. The van der Waals surface area contributed by atoms with Crippen LogP contribution in [0.5, 0.6) is 0 Å². The summed E-state index contributed by atoms with van der Waals surface area (Å²) in [5.74, 6) is 6.61. The molecule has 3 atom stereocenters. The van der Waals surface area contributed by atoms with Crippen LogP contribution in [0, 0.1) is 11.8 Å². The van der Waals surface area contributed by atoms with Gasteiger partial charge in [0.25, 0.3) is 0 Å². The van der Waals surface area contributed by atoms with Gasteiger partial charge in [0.2, 0.25) is 5.91 Å². The first-order valence-corrected chi connectivity index (χ1v) is 13.1. The van der Waals surface area contributed by atoms with Gasteiger partial charge in [-0.15, -0.1) is 0 Å². The van der Waals surface area contributed by atoms with Crippen LogP contribution in [0.1, 0.15) is 61.1 Å². The summed E-state index contributed by atoms with van der Waals surface area (Å²) in [6.07, 6.45) is 6.05. The maximum absolute atomic E-state index is 13.2. The zero-order chi connectivity index (χ0) is 24.3. The number of fused-ring (bicyclic) bond motifs is 1. The van der Waals surface area contributed by atoms with E-state index in [9.17, 15) is 15.0 Å². The van der Waals surface area contributed by atoms with Crippen LogP contribution in [0.2, 0.25) is 0 Å². The van der Waals surface area contributed by atoms with Gasteiger partial charge in [0.1, 0.15) is 5.60 Å². The summed E-state index contributed by atoms with van der Waals surface area (Å²) in [6, 6.07) is 18.5. The van der Waals surface area contributed by atoms with Crippen LogP contribution >= 0.6 is 0 Å². The molecule has 2 N–H and O–H groups in total. The average Bonchev–Trinajstić information content (AvgIpc) is 3.30. The molecule has 0 spiro atoms. The van der Waals surface area contributed by atoms with E-state index in [1.165, 1.54) is 5.56 Å². The van der Waals surface area contributed by atoms with E-state index in [-0.39, 0.29) is 30.5 Å². The van der Waals surface area contributed by atoms with Gasteiger partial charge < -0.3 is 15.1 Å². The molecule has 0 aromatic heterocycles. The number of benzene rings is 2. The van der Waals surface area contributed by atoms with Gasteiger partial charge >= 0.3 is 0 Å². The quantitative estimate of drug-likeness (QED) is 0.670. The van der Waals surface area contributed by atoms with E-state index in [0.29, 0.717) is 13.0 Å². The Morgan fingerprint density at radius 3 is 2.40 bits per heavy atom. The van der Waals surface area contributed by atoms with Crippen molar-refractivity contribution in [1.82, 2.24) is 9.80 Å². The van der Waals surface area contributed by atoms with E-state index < -0.39 is 5.60 Å². The largest absolute Gasteiger partial charge is 0.395 e. The second kappa shape index (κ2) is 10.5. The number of carbonyl (C=O) groups excluding carboxylic acids is 1. The van der Waals surface area contributed by atoms with Crippen molar-refractivity contribution in [2.24, 2.45) is 0 Å². The lowest BCUT2D eigenvalue weighted by Crippen LogP contribution is -2.68. The van der Waals surface area contributed by atoms with Gasteiger partial charge in [0.15, 0.2) is 0 Å². The Balaban J connectivity index is 1.31. The zero-order valence-corrected chi connectivity index (χ0v) is 20.4. The van der Waals surface area contributed by atoms with Crippen molar-refractivity contribution in [3.63, 3.8) is 0 Å². The first-order valence-electron chi connectivity index (χ1n) is 13.1. The lowest BCUT2D eigenvalue weighted by molar-refractivity contribution is -0.135. The third kappa shape index (κ3) is 5.30. The third-order valence-electron chi connectivity index (χ3n) is 8.09. The van der Waals surface area contributed by atoms with Crippen molar-refractivity contribution in [2.45, 2.75) is 68.5 Å². The van der Waals surface area contributed by atoms with Gasteiger partial charge in [0.05, 0.1) is 13.0 Å². The van der Waals surface area contributed by atoms with E-state index >= 15 is 0 Å². The van der Waals surface area contributed by atoms with Crippen LogP contribution in [-0.2, 0) is 11.2 Å². The summed E-state index contributed by atoms with van der Waals surface area (Å²) in [6.45, 7) is 2.58. The number of hydrogen-bond acceptors (Lipinski definition) is 4. The molecule has 2 aromatic carbocycles. The Bertz CT molecular complexity index is 1070. The van der Waals surface area contributed by atoms with Crippen molar-refractivity contribution in [3.8, 4) is 11.8 Å². The minimum atomic E-state index is -0.830. The van der Waals surface area contributed by atoms with E-state index in [1.807, 2.05) is 47.4 Å². The Hall–Kier alpha value is -2.65. The molecule has 0 radical (unpaired) electrons. The fourth-order valence-corrected chi connectivity index (χ4v) is 6.11. The molecule has 2 heterocycles. The van der Waals surface area contributed by atoms with E-state index in [0.717, 1.165) is 62.7 Å². The Morgan fingerprint density at radius 2 is 1.69 bits per heavy atom. The molecular formula is C30H36N2O3. The highest BCUT2D eigenvalue weighted by molar-refractivity contribution is 5.78. The second-order valence-corrected chi connectivity index (χ2v) is 10.4. The van der Waals surface area contributed by atoms with Crippen molar-refractivity contribution in [3.05, 3.63) is 71.3 Å². The van der Waals surface area contributed by atoms with Gasteiger partial charge in [-0.3, -0.25) is 9.69 Å². The summed E-state index contributed by atoms with van der Waals surface area (Å²) >= 11 is 0. The highest BCUT2D eigenvalue weighted by atomic mass is 16.3. The standard InChI is InChI=1S/C30H36N2O3/c33-22-27-29(25-12-10-23(11-13-25)14-17-30(35)15-4-5-16-30)26-21-31(18-6-7-19-32(26)27)28(34)20-24-8-2-1-3-9-24/h1-3,8-13,26-27,29,33,35H,4-7,15-16,18-22H2/t26-,27-,29-/m1/s1. The molecule has 5 nitrogen and oxygen atoms in total. The summed E-state index contributed by atoms with van der Waals surface area (Å²) in [5, 5.41) is 20.7. The van der Waals surface area contributed by atoms with Crippen LogP contribution in [0.15, 0.2) is 54.6 Å². The fourth-order valence-electron chi connectivity index (χ4n) is 6.11. The molecule has 0 unspecified atom stereocenters. The molecule has 1 saturated carbocycles. The first kappa shape index (κ1) is 24.1. The Morgan fingerprint density at radius 1 is 0.971 bits per heavy atom. The molecular weight excluding hydrogens is 436 g/mol. The molecule has 2 saturated heterocycles. The summed E-state index contributed by atoms with van der Waals surface area (Å²) in [4.78, 5) is 17.6. The van der Waals surface area contributed by atoms with Crippen LogP contribution in [0.25, 0.3) is 0 Å². The third-order valence-corrected chi connectivity index (χ3v) is 8.09. The maximum atomic E-state index is 13.2. The molecule has 2 aromatic rings. The Kier molecular flexibility index (Phi) is 7.24. The second-order valence-electron chi connectivity index (χ2n) is 10.4. The molecule has 2 aliphatic heterocycles. The smallest absolute Gasteiger partial charge is 0.227 e. The molecule has 35 heavy (non-hydrogen) atoms. The van der Waals surface area contributed by atoms with Crippen LogP contribution in [0.3, 0.4) is 0 Å². The zero-order valence-electron chi connectivity index (χ0n) is 20.4. The van der Waals surface area contributed by atoms with Crippen molar-refractivity contribution >= 4 is 5.91 Å². The molecule has 3 aliphatic rings. The van der Waals surface area contributed by atoms with Crippen LogP contribution in [0.4, 0.5) is 0 Å². The highest BCUT2D eigenvalue weighted by Crippen LogP contribution is 2.42.